The van der Waals surface area contributed by atoms with Crippen LogP contribution in [0.4, 0.5) is 0 Å². The minimum Gasteiger partial charge on any atom is -0.481 e. The summed E-state index contributed by atoms with van der Waals surface area (Å²) in [7, 11) is 1.79. The highest BCUT2D eigenvalue weighted by Gasteiger charge is 2.20. The molecule has 2 N–H and O–H groups in total. The lowest BCUT2D eigenvalue weighted by atomic mass is 10.0. The normalized spacial score (nSPS) is 12.0. The first kappa shape index (κ1) is 16.1. The molecule has 0 aliphatic heterocycles. The number of carboxylic acid groups (broad SMARTS) is 1. The third kappa shape index (κ3) is 3.68. The standard InChI is InChI=1S/C16H17ClN2O3/c1-10-3-8-14(19(10)2)16(22)18-13(9-15(20)21)11-4-6-12(17)7-5-11/h3-8,13H,9H2,1-2H3,(H,18,22)(H,20,21)/t13-/m0/s1. The Hall–Kier alpha value is -2.27. The van der Waals surface area contributed by atoms with Crippen LogP contribution in [-0.2, 0) is 11.8 Å². The molecule has 1 aromatic heterocycles. The largest absolute Gasteiger partial charge is 0.481 e. The van der Waals surface area contributed by atoms with Crippen molar-refractivity contribution in [1.82, 2.24) is 9.88 Å². The monoisotopic (exact) mass is 320 g/mol. The minimum atomic E-state index is -0.983. The number of hydrogen-bond donors (Lipinski definition) is 2. The summed E-state index contributed by atoms with van der Waals surface area (Å²) < 4.78 is 1.76. The number of carbonyl (C=O) groups is 2. The van der Waals surface area contributed by atoms with Crippen LogP contribution < -0.4 is 5.32 Å². The number of carboxylic acids is 1. The summed E-state index contributed by atoms with van der Waals surface area (Å²) in [6, 6.07) is 9.71. The summed E-state index contributed by atoms with van der Waals surface area (Å²) in [6.07, 6.45) is -0.198. The smallest absolute Gasteiger partial charge is 0.305 e. The van der Waals surface area contributed by atoms with Crippen molar-refractivity contribution in [3.63, 3.8) is 0 Å². The first-order chi connectivity index (χ1) is 10.4. The molecule has 0 bridgehead atoms. The molecule has 0 unspecified atom stereocenters. The summed E-state index contributed by atoms with van der Waals surface area (Å²) in [5.74, 6) is -1.29. The van der Waals surface area contributed by atoms with E-state index in [0.29, 0.717) is 16.3 Å². The zero-order valence-electron chi connectivity index (χ0n) is 12.3. The molecule has 1 heterocycles. The van der Waals surface area contributed by atoms with E-state index in [1.165, 1.54) is 0 Å². The summed E-state index contributed by atoms with van der Waals surface area (Å²) in [5.41, 5.74) is 2.14. The summed E-state index contributed by atoms with van der Waals surface area (Å²) >= 11 is 5.84. The number of nitrogens with one attached hydrogen (secondary N) is 1. The average Bonchev–Trinajstić information content (AvgIpc) is 2.78. The third-order valence-corrected chi connectivity index (χ3v) is 3.81. The molecule has 6 heteroatoms. The quantitative estimate of drug-likeness (QED) is 0.889. The van der Waals surface area contributed by atoms with Crippen LogP contribution in [0.5, 0.6) is 0 Å². The van der Waals surface area contributed by atoms with Crippen LogP contribution in [0.25, 0.3) is 0 Å². The van der Waals surface area contributed by atoms with E-state index in [1.54, 1.807) is 41.9 Å². The molecule has 0 aliphatic rings. The molecule has 5 nitrogen and oxygen atoms in total. The van der Waals surface area contributed by atoms with Gasteiger partial charge in [0.2, 0.25) is 0 Å². The van der Waals surface area contributed by atoms with Crippen LogP contribution in [0.3, 0.4) is 0 Å². The van der Waals surface area contributed by atoms with Gasteiger partial charge in [0.15, 0.2) is 0 Å². The number of amides is 1. The summed E-state index contributed by atoms with van der Waals surface area (Å²) in [4.78, 5) is 23.4. The van der Waals surface area contributed by atoms with Crippen LogP contribution in [0.2, 0.25) is 5.02 Å². The second kappa shape index (κ2) is 6.66. The Balaban J connectivity index is 2.23. The van der Waals surface area contributed by atoms with Gasteiger partial charge in [-0.1, -0.05) is 23.7 Å². The van der Waals surface area contributed by atoms with E-state index < -0.39 is 12.0 Å². The molecule has 1 amide bonds. The van der Waals surface area contributed by atoms with Crippen LogP contribution in [0.15, 0.2) is 36.4 Å². The van der Waals surface area contributed by atoms with Gasteiger partial charge in [0.1, 0.15) is 5.69 Å². The van der Waals surface area contributed by atoms with Crippen molar-refractivity contribution < 1.29 is 14.7 Å². The molecule has 2 aromatic rings. The van der Waals surface area contributed by atoms with Gasteiger partial charge in [0, 0.05) is 17.8 Å². The fraction of sp³-hybridized carbons (Fsp3) is 0.250. The van der Waals surface area contributed by atoms with E-state index in [0.717, 1.165) is 5.69 Å². The Morgan fingerprint density at radius 2 is 1.86 bits per heavy atom. The number of benzene rings is 1. The highest BCUT2D eigenvalue weighted by atomic mass is 35.5. The van der Waals surface area contributed by atoms with Gasteiger partial charge in [0.25, 0.3) is 5.91 Å². The lowest BCUT2D eigenvalue weighted by Crippen LogP contribution is -2.31. The molecule has 116 valence electrons. The molecule has 2 rings (SSSR count). The first-order valence-electron chi connectivity index (χ1n) is 6.79. The van der Waals surface area contributed by atoms with Crippen molar-refractivity contribution in [3.8, 4) is 0 Å². The number of halogens is 1. The van der Waals surface area contributed by atoms with Crippen molar-refractivity contribution >= 4 is 23.5 Å². The Bertz CT molecular complexity index is 692. The Morgan fingerprint density at radius 1 is 1.23 bits per heavy atom. The SMILES string of the molecule is Cc1ccc(C(=O)N[C@@H](CC(=O)O)c2ccc(Cl)cc2)n1C. The molecule has 0 aliphatic carbocycles. The van der Waals surface area contributed by atoms with Crippen LogP contribution in [0, 0.1) is 6.92 Å². The Kier molecular flexibility index (Phi) is 4.88. The zero-order chi connectivity index (χ0) is 16.3. The molecule has 0 saturated carbocycles. The minimum absolute atomic E-state index is 0.198. The molecule has 0 radical (unpaired) electrons. The predicted molar refractivity (Wildman–Crippen MR) is 84.1 cm³/mol. The number of hydrogen-bond acceptors (Lipinski definition) is 2. The molecule has 22 heavy (non-hydrogen) atoms. The lowest BCUT2D eigenvalue weighted by molar-refractivity contribution is -0.137. The third-order valence-electron chi connectivity index (χ3n) is 3.56. The van der Waals surface area contributed by atoms with Crippen molar-refractivity contribution in [1.29, 1.82) is 0 Å². The first-order valence-corrected chi connectivity index (χ1v) is 7.16. The fourth-order valence-electron chi connectivity index (χ4n) is 2.20. The number of nitrogens with zero attached hydrogens (tertiary/aromatic N) is 1. The van der Waals surface area contributed by atoms with Crippen LogP contribution >= 0.6 is 11.6 Å². The van der Waals surface area contributed by atoms with E-state index in [2.05, 4.69) is 5.32 Å². The van der Waals surface area contributed by atoms with Gasteiger partial charge < -0.3 is 15.0 Å². The van der Waals surface area contributed by atoms with Gasteiger partial charge in [-0.05, 0) is 36.8 Å². The van der Waals surface area contributed by atoms with Crippen molar-refractivity contribution in [3.05, 3.63) is 58.4 Å². The van der Waals surface area contributed by atoms with Crippen molar-refractivity contribution in [2.45, 2.75) is 19.4 Å². The van der Waals surface area contributed by atoms with Crippen molar-refractivity contribution in [2.75, 3.05) is 0 Å². The number of rotatable bonds is 5. The van der Waals surface area contributed by atoms with Gasteiger partial charge in [-0.2, -0.15) is 0 Å². The topological polar surface area (TPSA) is 71.3 Å². The molecule has 0 saturated heterocycles. The number of aryl methyl sites for hydroxylation is 1. The summed E-state index contributed by atoms with van der Waals surface area (Å²) in [6.45, 7) is 1.89. The number of carbonyl (C=O) groups excluding carboxylic acids is 1. The van der Waals surface area contributed by atoms with Gasteiger partial charge in [-0.25, -0.2) is 0 Å². The van der Waals surface area contributed by atoms with E-state index >= 15 is 0 Å². The highest BCUT2D eigenvalue weighted by molar-refractivity contribution is 6.30. The second-order valence-electron chi connectivity index (χ2n) is 5.09. The average molecular weight is 321 g/mol. The zero-order valence-corrected chi connectivity index (χ0v) is 13.1. The molecule has 0 fully saturated rings. The Morgan fingerprint density at radius 3 is 2.36 bits per heavy atom. The van der Waals surface area contributed by atoms with Crippen LogP contribution in [0.1, 0.15) is 34.2 Å². The second-order valence-corrected chi connectivity index (χ2v) is 5.53. The summed E-state index contributed by atoms with van der Waals surface area (Å²) in [5, 5.41) is 12.4. The fourth-order valence-corrected chi connectivity index (χ4v) is 2.32. The molecular weight excluding hydrogens is 304 g/mol. The van der Waals surface area contributed by atoms with Gasteiger partial charge in [-0.15, -0.1) is 0 Å². The van der Waals surface area contributed by atoms with E-state index in [-0.39, 0.29) is 12.3 Å². The van der Waals surface area contributed by atoms with E-state index in [1.807, 2.05) is 13.0 Å². The van der Waals surface area contributed by atoms with Gasteiger partial charge in [0.05, 0.1) is 12.5 Å². The lowest BCUT2D eigenvalue weighted by Gasteiger charge is -2.18. The predicted octanol–water partition coefficient (Wildman–Crippen LogP) is 2.93. The molecular formula is C16H17ClN2O3. The van der Waals surface area contributed by atoms with Gasteiger partial charge >= 0.3 is 5.97 Å². The van der Waals surface area contributed by atoms with Gasteiger partial charge in [-0.3, -0.25) is 9.59 Å². The molecule has 1 aromatic carbocycles. The van der Waals surface area contributed by atoms with Crippen LogP contribution in [-0.4, -0.2) is 21.6 Å². The highest BCUT2D eigenvalue weighted by Crippen LogP contribution is 2.20. The van der Waals surface area contributed by atoms with E-state index in [4.69, 9.17) is 16.7 Å². The maximum Gasteiger partial charge on any atom is 0.305 e. The maximum absolute atomic E-state index is 12.4. The number of aliphatic carboxylic acids is 1. The number of aromatic nitrogens is 1. The maximum atomic E-state index is 12.4. The van der Waals surface area contributed by atoms with Crippen molar-refractivity contribution in [2.24, 2.45) is 7.05 Å². The molecule has 0 spiro atoms. The molecule has 1 atom stereocenters. The Labute approximate surface area is 133 Å². The van der Waals surface area contributed by atoms with E-state index in [9.17, 15) is 9.59 Å².